The van der Waals surface area contributed by atoms with Crippen LogP contribution in [0.1, 0.15) is 10.4 Å². The van der Waals surface area contributed by atoms with Crippen LogP contribution in [0.15, 0.2) is 78.3 Å². The second-order valence-electron chi connectivity index (χ2n) is 6.17. The summed E-state index contributed by atoms with van der Waals surface area (Å²) >= 11 is 1.25. The van der Waals surface area contributed by atoms with E-state index in [-0.39, 0.29) is 11.6 Å². The van der Waals surface area contributed by atoms with E-state index in [2.05, 4.69) is 11.6 Å². The molecule has 28 heavy (non-hydrogen) atoms. The molecule has 0 radical (unpaired) electrons. The molecule has 0 aliphatic rings. The Bertz CT molecular complexity index is 1320. The van der Waals surface area contributed by atoms with Gasteiger partial charge in [0, 0.05) is 24.2 Å². The second kappa shape index (κ2) is 7.21. The van der Waals surface area contributed by atoms with Crippen LogP contribution in [-0.4, -0.2) is 15.4 Å². The molecular weight excluding hydrogens is 374 g/mol. The molecule has 0 atom stereocenters. The van der Waals surface area contributed by atoms with Crippen molar-refractivity contribution in [3.8, 4) is 0 Å². The molecule has 138 valence electrons. The lowest BCUT2D eigenvalue weighted by atomic mass is 10.1. The summed E-state index contributed by atoms with van der Waals surface area (Å²) in [5, 5.41) is 13.1. The molecule has 0 spiro atoms. The van der Waals surface area contributed by atoms with Crippen molar-refractivity contribution in [3.05, 3.63) is 93.8 Å². The number of allylic oxidation sites excluding steroid dienone is 1. The van der Waals surface area contributed by atoms with Crippen molar-refractivity contribution < 1.29 is 9.72 Å². The summed E-state index contributed by atoms with van der Waals surface area (Å²) in [5.41, 5.74) is 1.28. The molecule has 7 heteroatoms. The fourth-order valence-corrected chi connectivity index (χ4v) is 4.11. The van der Waals surface area contributed by atoms with Crippen LogP contribution in [0.5, 0.6) is 0 Å². The summed E-state index contributed by atoms with van der Waals surface area (Å²) in [6.45, 7) is 4.20. The molecule has 3 aromatic carbocycles. The van der Waals surface area contributed by atoms with Gasteiger partial charge in [0.15, 0.2) is 4.80 Å². The van der Waals surface area contributed by atoms with E-state index < -0.39 is 4.92 Å². The zero-order valence-corrected chi connectivity index (χ0v) is 15.6. The Morgan fingerprint density at radius 1 is 1.14 bits per heavy atom. The maximum atomic E-state index is 12.8. The number of nitro benzene ring substituents is 1. The van der Waals surface area contributed by atoms with Crippen molar-refractivity contribution in [2.75, 3.05) is 0 Å². The molecule has 4 rings (SSSR count). The first-order valence-corrected chi connectivity index (χ1v) is 9.35. The van der Waals surface area contributed by atoms with Gasteiger partial charge in [0.1, 0.15) is 0 Å². The van der Waals surface area contributed by atoms with Crippen LogP contribution in [0.2, 0.25) is 0 Å². The molecule has 0 unspecified atom stereocenters. The number of nitrogens with zero attached hydrogens (tertiary/aromatic N) is 3. The predicted octanol–water partition coefficient (Wildman–Crippen LogP) is 4.69. The molecular formula is C21H15N3O3S. The number of hydrogen-bond acceptors (Lipinski definition) is 4. The maximum absolute atomic E-state index is 12.8. The number of carbonyl (C=O) groups excluding carboxylic acids is 1. The third-order valence-electron chi connectivity index (χ3n) is 4.38. The number of rotatable bonds is 4. The molecule has 1 heterocycles. The standard InChI is InChI=1S/C21H15N3O3S/c1-2-11-23-18-10-9-17(24(26)27)13-19(18)28-21(23)22-20(25)16-8-7-14-5-3-4-6-15(14)12-16/h2-10,12-13H,1,11H2. The number of fused-ring (bicyclic) bond motifs is 2. The van der Waals surface area contributed by atoms with Crippen molar-refractivity contribution >= 4 is 43.9 Å². The average Bonchev–Trinajstić information content (AvgIpc) is 3.04. The minimum Gasteiger partial charge on any atom is -0.312 e. The molecule has 0 N–H and O–H groups in total. The lowest BCUT2D eigenvalue weighted by molar-refractivity contribution is -0.384. The number of benzene rings is 3. The van der Waals surface area contributed by atoms with Crippen LogP contribution in [0.4, 0.5) is 5.69 Å². The van der Waals surface area contributed by atoms with Gasteiger partial charge in [-0.05, 0) is 29.0 Å². The van der Waals surface area contributed by atoms with Gasteiger partial charge in [0.05, 0.1) is 15.1 Å². The summed E-state index contributed by atoms with van der Waals surface area (Å²) in [5.74, 6) is -0.357. The monoisotopic (exact) mass is 389 g/mol. The van der Waals surface area contributed by atoms with Crippen LogP contribution in [0.25, 0.3) is 21.0 Å². The molecule has 4 aromatic rings. The Morgan fingerprint density at radius 2 is 1.93 bits per heavy atom. The number of thiazole rings is 1. The van der Waals surface area contributed by atoms with Gasteiger partial charge in [0.2, 0.25) is 0 Å². The Hall–Kier alpha value is -3.58. The number of amides is 1. The normalized spacial score (nSPS) is 11.8. The summed E-state index contributed by atoms with van der Waals surface area (Å²) in [6, 6.07) is 17.9. The summed E-state index contributed by atoms with van der Waals surface area (Å²) in [6.07, 6.45) is 1.70. The Balaban J connectivity index is 1.84. The minimum absolute atomic E-state index is 0.00640. The molecule has 0 aliphatic heterocycles. The highest BCUT2D eigenvalue weighted by Gasteiger charge is 2.13. The Labute approximate surface area is 163 Å². The lowest BCUT2D eigenvalue weighted by Gasteiger charge is -2.02. The molecule has 1 amide bonds. The van der Waals surface area contributed by atoms with Crippen LogP contribution in [-0.2, 0) is 6.54 Å². The molecule has 0 fully saturated rings. The van der Waals surface area contributed by atoms with Crippen molar-refractivity contribution in [1.29, 1.82) is 0 Å². The smallest absolute Gasteiger partial charge is 0.279 e. The average molecular weight is 389 g/mol. The van der Waals surface area contributed by atoms with E-state index >= 15 is 0 Å². The van der Waals surface area contributed by atoms with E-state index in [0.717, 1.165) is 16.3 Å². The largest absolute Gasteiger partial charge is 0.312 e. The van der Waals surface area contributed by atoms with Gasteiger partial charge in [-0.15, -0.1) is 6.58 Å². The zero-order chi connectivity index (χ0) is 19.7. The van der Waals surface area contributed by atoms with Crippen molar-refractivity contribution in [2.45, 2.75) is 6.54 Å². The molecule has 1 aromatic heterocycles. The van der Waals surface area contributed by atoms with Gasteiger partial charge in [0.25, 0.3) is 11.6 Å². The van der Waals surface area contributed by atoms with Gasteiger partial charge >= 0.3 is 0 Å². The molecule has 0 saturated heterocycles. The summed E-state index contributed by atoms with van der Waals surface area (Å²) in [4.78, 5) is 28.1. The van der Waals surface area contributed by atoms with E-state index in [4.69, 9.17) is 0 Å². The van der Waals surface area contributed by atoms with E-state index in [1.165, 1.54) is 23.5 Å². The van der Waals surface area contributed by atoms with Crippen molar-refractivity contribution in [2.24, 2.45) is 4.99 Å². The minimum atomic E-state index is -0.436. The van der Waals surface area contributed by atoms with Crippen LogP contribution in [0.3, 0.4) is 0 Å². The number of nitro groups is 1. The third-order valence-corrected chi connectivity index (χ3v) is 5.42. The predicted molar refractivity (Wildman–Crippen MR) is 111 cm³/mol. The highest BCUT2D eigenvalue weighted by Crippen LogP contribution is 2.23. The first kappa shape index (κ1) is 17.8. The summed E-state index contributed by atoms with van der Waals surface area (Å²) < 4.78 is 2.52. The van der Waals surface area contributed by atoms with Crippen molar-refractivity contribution in [1.82, 2.24) is 4.57 Å². The van der Waals surface area contributed by atoms with E-state index in [9.17, 15) is 14.9 Å². The SMILES string of the molecule is C=CCn1c(=NC(=O)c2ccc3ccccc3c2)sc2cc([N+](=O)[O-])ccc21. The van der Waals surface area contributed by atoms with E-state index in [1.54, 1.807) is 18.2 Å². The number of hydrogen-bond donors (Lipinski definition) is 0. The maximum Gasteiger partial charge on any atom is 0.279 e. The number of aromatic nitrogens is 1. The highest BCUT2D eigenvalue weighted by molar-refractivity contribution is 7.16. The highest BCUT2D eigenvalue weighted by atomic mass is 32.1. The third kappa shape index (κ3) is 3.23. The second-order valence-corrected chi connectivity index (χ2v) is 7.18. The van der Waals surface area contributed by atoms with E-state index in [0.29, 0.717) is 21.6 Å². The molecule has 6 nitrogen and oxygen atoms in total. The van der Waals surface area contributed by atoms with E-state index in [1.807, 2.05) is 41.0 Å². The topological polar surface area (TPSA) is 77.5 Å². The number of carbonyl (C=O) groups is 1. The van der Waals surface area contributed by atoms with Crippen molar-refractivity contribution in [3.63, 3.8) is 0 Å². The molecule has 0 aliphatic carbocycles. The number of non-ortho nitro benzene ring substituents is 1. The van der Waals surface area contributed by atoms with Gasteiger partial charge < -0.3 is 4.57 Å². The summed E-state index contributed by atoms with van der Waals surface area (Å²) in [7, 11) is 0. The van der Waals surface area contributed by atoms with Gasteiger partial charge in [-0.3, -0.25) is 14.9 Å². The van der Waals surface area contributed by atoms with Gasteiger partial charge in [-0.1, -0.05) is 47.7 Å². The molecule has 0 bridgehead atoms. The van der Waals surface area contributed by atoms with Crippen LogP contribution < -0.4 is 4.80 Å². The van der Waals surface area contributed by atoms with Crippen LogP contribution in [0, 0.1) is 10.1 Å². The Kier molecular flexibility index (Phi) is 4.58. The van der Waals surface area contributed by atoms with Gasteiger partial charge in [-0.2, -0.15) is 4.99 Å². The van der Waals surface area contributed by atoms with Gasteiger partial charge in [-0.25, -0.2) is 0 Å². The fraction of sp³-hybridized carbons (Fsp3) is 0.0476. The zero-order valence-electron chi connectivity index (χ0n) is 14.7. The lowest BCUT2D eigenvalue weighted by Crippen LogP contribution is -2.16. The van der Waals surface area contributed by atoms with Crippen LogP contribution >= 0.6 is 11.3 Å². The Morgan fingerprint density at radius 3 is 2.68 bits per heavy atom. The first-order valence-electron chi connectivity index (χ1n) is 8.53. The fourth-order valence-electron chi connectivity index (χ4n) is 3.04. The quantitative estimate of drug-likeness (QED) is 0.289. The molecule has 0 saturated carbocycles. The first-order chi connectivity index (χ1) is 13.6.